The van der Waals surface area contributed by atoms with Gasteiger partial charge in [-0.3, -0.25) is 4.98 Å². The summed E-state index contributed by atoms with van der Waals surface area (Å²) in [6.07, 6.45) is -3.66. The fraction of sp³-hybridized carbons (Fsp3) is 0.214. The zero-order valence-electron chi connectivity index (χ0n) is 10.3. The van der Waals surface area contributed by atoms with E-state index in [0.29, 0.717) is 11.3 Å². The molecule has 1 atom stereocenters. The summed E-state index contributed by atoms with van der Waals surface area (Å²) in [6.45, 7) is 0. The fourth-order valence-corrected chi connectivity index (χ4v) is 1.73. The first-order chi connectivity index (χ1) is 9.44. The van der Waals surface area contributed by atoms with Crippen molar-refractivity contribution in [2.24, 2.45) is 0 Å². The Morgan fingerprint density at radius 1 is 1.10 bits per heavy atom. The topological polar surface area (TPSA) is 42.4 Å². The Kier molecular flexibility index (Phi) is 4.24. The summed E-state index contributed by atoms with van der Waals surface area (Å²) in [5, 5.41) is 9.96. The predicted molar refractivity (Wildman–Crippen MR) is 66.0 cm³/mol. The van der Waals surface area contributed by atoms with Gasteiger partial charge in [0.05, 0.1) is 11.8 Å². The minimum atomic E-state index is -4.70. The van der Waals surface area contributed by atoms with Gasteiger partial charge >= 0.3 is 6.36 Å². The van der Waals surface area contributed by atoms with Crippen LogP contribution in [0.15, 0.2) is 48.7 Å². The van der Waals surface area contributed by atoms with E-state index in [0.717, 1.165) is 0 Å². The van der Waals surface area contributed by atoms with Crippen molar-refractivity contribution in [3.8, 4) is 5.75 Å². The highest BCUT2D eigenvalue weighted by atomic mass is 19.4. The highest BCUT2D eigenvalue weighted by molar-refractivity contribution is 5.28. The largest absolute Gasteiger partial charge is 0.573 e. The summed E-state index contributed by atoms with van der Waals surface area (Å²) in [5.74, 6) is -0.284. The fourth-order valence-electron chi connectivity index (χ4n) is 1.73. The van der Waals surface area contributed by atoms with E-state index in [4.69, 9.17) is 0 Å². The van der Waals surface area contributed by atoms with Crippen LogP contribution in [0.4, 0.5) is 13.2 Å². The summed E-state index contributed by atoms with van der Waals surface area (Å²) < 4.78 is 39.8. The lowest BCUT2D eigenvalue weighted by molar-refractivity contribution is -0.274. The summed E-state index contributed by atoms with van der Waals surface area (Å²) in [4.78, 5) is 4.02. The van der Waals surface area contributed by atoms with Gasteiger partial charge in [0.1, 0.15) is 5.75 Å². The third kappa shape index (κ3) is 4.24. The Labute approximate surface area is 113 Å². The minimum absolute atomic E-state index is 0.267. The molecule has 0 aliphatic rings. The van der Waals surface area contributed by atoms with E-state index < -0.39 is 12.5 Å². The second-order valence-corrected chi connectivity index (χ2v) is 4.17. The lowest BCUT2D eigenvalue weighted by atomic mass is 10.1. The van der Waals surface area contributed by atoms with Crippen LogP contribution < -0.4 is 4.74 Å². The lowest BCUT2D eigenvalue weighted by Crippen LogP contribution is -2.17. The molecule has 3 nitrogen and oxygen atoms in total. The standard InChI is InChI=1S/C14H12F3NO2/c15-14(16,17)20-11-6-4-10(5-7-11)9-13(19)12-3-1-2-8-18-12/h1-8,13,19H,9H2. The molecule has 0 aliphatic heterocycles. The first-order valence-electron chi connectivity index (χ1n) is 5.88. The number of hydrogen-bond donors (Lipinski definition) is 1. The normalized spacial score (nSPS) is 13.0. The number of alkyl halides is 3. The van der Waals surface area contributed by atoms with Crippen molar-refractivity contribution in [3.63, 3.8) is 0 Å². The molecule has 1 unspecified atom stereocenters. The van der Waals surface area contributed by atoms with E-state index in [1.165, 1.54) is 24.3 Å². The van der Waals surface area contributed by atoms with E-state index >= 15 is 0 Å². The van der Waals surface area contributed by atoms with Crippen molar-refractivity contribution in [2.45, 2.75) is 18.9 Å². The molecule has 0 saturated heterocycles. The van der Waals surface area contributed by atoms with Crippen molar-refractivity contribution >= 4 is 0 Å². The van der Waals surface area contributed by atoms with Crippen LogP contribution >= 0.6 is 0 Å². The second-order valence-electron chi connectivity index (χ2n) is 4.17. The van der Waals surface area contributed by atoms with Crippen molar-refractivity contribution < 1.29 is 23.0 Å². The van der Waals surface area contributed by atoms with Crippen LogP contribution in [0.3, 0.4) is 0 Å². The van der Waals surface area contributed by atoms with E-state index in [9.17, 15) is 18.3 Å². The van der Waals surface area contributed by atoms with Gasteiger partial charge in [0.2, 0.25) is 0 Å². The van der Waals surface area contributed by atoms with E-state index in [1.807, 2.05) is 0 Å². The van der Waals surface area contributed by atoms with Crippen molar-refractivity contribution in [1.82, 2.24) is 4.98 Å². The molecule has 0 radical (unpaired) electrons. The number of hydrogen-bond acceptors (Lipinski definition) is 3. The maximum Gasteiger partial charge on any atom is 0.573 e. The number of aromatic nitrogens is 1. The molecule has 0 bridgehead atoms. The number of aliphatic hydroxyl groups excluding tert-OH is 1. The highest BCUT2D eigenvalue weighted by Crippen LogP contribution is 2.24. The molecule has 0 spiro atoms. The van der Waals surface area contributed by atoms with E-state index in [-0.39, 0.29) is 12.2 Å². The van der Waals surface area contributed by atoms with Gasteiger partial charge in [-0.25, -0.2) is 0 Å². The molecule has 0 amide bonds. The quantitative estimate of drug-likeness (QED) is 0.936. The van der Waals surface area contributed by atoms with Crippen LogP contribution in [-0.4, -0.2) is 16.5 Å². The van der Waals surface area contributed by atoms with E-state index in [1.54, 1.807) is 24.4 Å². The van der Waals surface area contributed by atoms with Gasteiger partial charge in [-0.15, -0.1) is 13.2 Å². The molecular weight excluding hydrogens is 271 g/mol. The van der Waals surface area contributed by atoms with Crippen molar-refractivity contribution in [3.05, 3.63) is 59.9 Å². The second kappa shape index (κ2) is 5.92. The van der Waals surface area contributed by atoms with Crippen LogP contribution in [0, 0.1) is 0 Å². The smallest absolute Gasteiger partial charge is 0.406 e. The van der Waals surface area contributed by atoms with Crippen LogP contribution in [0.2, 0.25) is 0 Å². The van der Waals surface area contributed by atoms with Gasteiger partial charge in [-0.1, -0.05) is 18.2 Å². The van der Waals surface area contributed by atoms with Gasteiger partial charge in [0.15, 0.2) is 0 Å². The number of pyridine rings is 1. The molecule has 106 valence electrons. The predicted octanol–water partition coefficient (Wildman–Crippen LogP) is 3.26. The van der Waals surface area contributed by atoms with Crippen LogP contribution in [-0.2, 0) is 6.42 Å². The maximum atomic E-state index is 12.0. The molecule has 1 aromatic heterocycles. The van der Waals surface area contributed by atoms with Crippen LogP contribution in [0.5, 0.6) is 5.75 Å². The zero-order chi connectivity index (χ0) is 14.6. The molecule has 0 fully saturated rings. The average molecular weight is 283 g/mol. The average Bonchev–Trinajstić information content (AvgIpc) is 2.40. The summed E-state index contributed by atoms with van der Waals surface area (Å²) >= 11 is 0. The van der Waals surface area contributed by atoms with Gasteiger partial charge in [-0.05, 0) is 29.8 Å². The highest BCUT2D eigenvalue weighted by Gasteiger charge is 2.30. The summed E-state index contributed by atoms with van der Waals surface area (Å²) in [7, 11) is 0. The molecule has 1 heterocycles. The summed E-state index contributed by atoms with van der Waals surface area (Å²) in [5.41, 5.74) is 1.21. The van der Waals surface area contributed by atoms with E-state index in [2.05, 4.69) is 9.72 Å². The maximum absolute atomic E-state index is 12.0. The Hall–Kier alpha value is -2.08. The van der Waals surface area contributed by atoms with Gasteiger partial charge in [0, 0.05) is 12.6 Å². The SMILES string of the molecule is OC(Cc1ccc(OC(F)(F)F)cc1)c1ccccn1. The first kappa shape index (κ1) is 14.3. The van der Waals surface area contributed by atoms with Crippen LogP contribution in [0.25, 0.3) is 0 Å². The molecule has 20 heavy (non-hydrogen) atoms. The third-order valence-electron chi connectivity index (χ3n) is 2.62. The number of rotatable bonds is 4. The monoisotopic (exact) mass is 283 g/mol. The molecule has 0 aliphatic carbocycles. The first-order valence-corrected chi connectivity index (χ1v) is 5.88. The number of aliphatic hydroxyl groups is 1. The Balaban J connectivity index is 2.00. The Morgan fingerprint density at radius 2 is 1.80 bits per heavy atom. The number of ether oxygens (including phenoxy) is 1. The molecule has 1 aromatic carbocycles. The third-order valence-corrected chi connectivity index (χ3v) is 2.62. The van der Waals surface area contributed by atoms with Crippen LogP contribution in [0.1, 0.15) is 17.4 Å². The van der Waals surface area contributed by atoms with Gasteiger partial charge in [0.25, 0.3) is 0 Å². The number of nitrogens with zero attached hydrogens (tertiary/aromatic N) is 1. The van der Waals surface area contributed by atoms with Crippen molar-refractivity contribution in [1.29, 1.82) is 0 Å². The minimum Gasteiger partial charge on any atom is -0.406 e. The lowest BCUT2D eigenvalue weighted by Gasteiger charge is -2.11. The Morgan fingerprint density at radius 3 is 2.35 bits per heavy atom. The molecule has 6 heteroatoms. The Bertz CT molecular complexity index is 541. The summed E-state index contributed by atoms with van der Waals surface area (Å²) in [6, 6.07) is 10.6. The number of halogens is 3. The van der Waals surface area contributed by atoms with Gasteiger partial charge < -0.3 is 9.84 Å². The molecular formula is C14H12F3NO2. The molecule has 2 rings (SSSR count). The van der Waals surface area contributed by atoms with Gasteiger partial charge in [-0.2, -0.15) is 0 Å². The zero-order valence-corrected chi connectivity index (χ0v) is 10.3. The molecule has 1 N–H and O–H groups in total. The number of benzene rings is 1. The molecule has 0 saturated carbocycles. The van der Waals surface area contributed by atoms with Crippen molar-refractivity contribution in [2.75, 3.05) is 0 Å². The molecule has 2 aromatic rings.